The molecule has 0 spiro atoms. The summed E-state index contributed by atoms with van der Waals surface area (Å²) >= 11 is 1.58. The monoisotopic (exact) mass is 386 g/mol. The molecule has 0 aliphatic heterocycles. The summed E-state index contributed by atoms with van der Waals surface area (Å²) in [7, 11) is -3.46. The first kappa shape index (κ1) is 18.3. The lowest BCUT2D eigenvalue weighted by molar-refractivity contribution is -0.115. The van der Waals surface area contributed by atoms with E-state index in [4.69, 9.17) is 0 Å². The fourth-order valence-corrected chi connectivity index (χ4v) is 4.30. The molecule has 134 valence electrons. The third-order valence-electron chi connectivity index (χ3n) is 3.78. The van der Waals surface area contributed by atoms with Gasteiger partial charge >= 0.3 is 0 Å². The Labute approximate surface area is 156 Å². The van der Waals surface area contributed by atoms with Crippen LogP contribution < -0.4 is 5.32 Å². The number of carbonyl (C=O) groups excluding carboxylic acids is 1. The summed E-state index contributed by atoms with van der Waals surface area (Å²) in [6.07, 6.45) is -0.0930. The highest BCUT2D eigenvalue weighted by molar-refractivity contribution is 7.91. The van der Waals surface area contributed by atoms with Gasteiger partial charge in [-0.25, -0.2) is 13.4 Å². The number of anilines is 1. The first-order valence-corrected chi connectivity index (χ1v) is 10.6. The van der Waals surface area contributed by atoms with Crippen molar-refractivity contribution in [2.45, 2.75) is 18.2 Å². The van der Waals surface area contributed by atoms with Crippen LogP contribution in [0.1, 0.15) is 11.4 Å². The molecular formula is C19H18N2O3S2. The number of hydrogen-bond acceptors (Lipinski definition) is 5. The average molecular weight is 386 g/mol. The van der Waals surface area contributed by atoms with E-state index in [9.17, 15) is 13.2 Å². The molecule has 0 aliphatic rings. The van der Waals surface area contributed by atoms with E-state index in [1.807, 2.05) is 24.4 Å². The number of rotatable bonds is 6. The summed E-state index contributed by atoms with van der Waals surface area (Å²) in [6, 6.07) is 15.5. The predicted octanol–water partition coefficient (Wildman–Crippen LogP) is 3.92. The van der Waals surface area contributed by atoms with E-state index in [1.54, 1.807) is 41.7 Å². The Morgan fingerprint density at radius 3 is 2.38 bits per heavy atom. The van der Waals surface area contributed by atoms with Crippen LogP contribution in [0.25, 0.3) is 11.3 Å². The number of thiazole rings is 1. The van der Waals surface area contributed by atoms with Gasteiger partial charge in [0.15, 0.2) is 9.84 Å². The van der Waals surface area contributed by atoms with E-state index in [-0.39, 0.29) is 23.0 Å². The summed E-state index contributed by atoms with van der Waals surface area (Å²) in [4.78, 5) is 16.7. The number of aromatic nitrogens is 1. The molecule has 0 bridgehead atoms. The van der Waals surface area contributed by atoms with Crippen LogP contribution in [-0.4, -0.2) is 25.1 Å². The van der Waals surface area contributed by atoms with Gasteiger partial charge in [-0.15, -0.1) is 11.3 Å². The number of nitrogens with zero attached hydrogens (tertiary/aromatic N) is 1. The van der Waals surface area contributed by atoms with Crippen LogP contribution in [0.2, 0.25) is 0 Å². The molecule has 3 rings (SSSR count). The zero-order valence-electron chi connectivity index (χ0n) is 14.2. The molecule has 26 heavy (non-hydrogen) atoms. The van der Waals surface area contributed by atoms with Crippen LogP contribution in [-0.2, 0) is 14.6 Å². The molecule has 3 aromatic rings. The molecule has 1 amide bonds. The van der Waals surface area contributed by atoms with E-state index in [0.717, 1.165) is 16.3 Å². The lowest BCUT2D eigenvalue weighted by Crippen LogP contribution is -2.17. The topological polar surface area (TPSA) is 76.1 Å². The molecule has 5 nitrogen and oxygen atoms in total. The Hall–Kier alpha value is -2.51. The quantitative estimate of drug-likeness (QED) is 0.697. The fourth-order valence-electron chi connectivity index (χ4n) is 2.42. The maximum atomic E-state index is 12.2. The smallest absolute Gasteiger partial charge is 0.225 e. The van der Waals surface area contributed by atoms with Gasteiger partial charge in [0.05, 0.1) is 21.3 Å². The highest BCUT2D eigenvalue weighted by Gasteiger charge is 2.16. The first-order chi connectivity index (χ1) is 12.4. The molecule has 0 atom stereocenters. The average Bonchev–Trinajstić information content (AvgIpc) is 3.08. The highest BCUT2D eigenvalue weighted by Crippen LogP contribution is 2.23. The second-order valence-electron chi connectivity index (χ2n) is 5.76. The van der Waals surface area contributed by atoms with Gasteiger partial charge in [-0.2, -0.15) is 0 Å². The van der Waals surface area contributed by atoms with Crippen LogP contribution in [0.4, 0.5) is 5.69 Å². The van der Waals surface area contributed by atoms with Crippen molar-refractivity contribution in [1.82, 2.24) is 4.98 Å². The molecule has 0 radical (unpaired) electrons. The van der Waals surface area contributed by atoms with Crippen molar-refractivity contribution in [1.29, 1.82) is 0 Å². The Morgan fingerprint density at radius 1 is 1.08 bits per heavy atom. The Morgan fingerprint density at radius 2 is 1.77 bits per heavy atom. The van der Waals surface area contributed by atoms with Crippen molar-refractivity contribution >= 4 is 32.8 Å². The third-order valence-corrected chi connectivity index (χ3v) is 6.29. The molecule has 0 fully saturated rings. The summed E-state index contributed by atoms with van der Waals surface area (Å²) in [5, 5.41) is 5.71. The highest BCUT2D eigenvalue weighted by atomic mass is 32.2. The minimum Gasteiger partial charge on any atom is -0.326 e. The van der Waals surface area contributed by atoms with Crippen LogP contribution in [0.3, 0.4) is 0 Å². The number of amides is 1. The minimum absolute atomic E-state index is 0.0930. The van der Waals surface area contributed by atoms with Gasteiger partial charge in [-0.05, 0) is 31.2 Å². The van der Waals surface area contributed by atoms with E-state index < -0.39 is 9.84 Å². The first-order valence-electron chi connectivity index (χ1n) is 8.04. The van der Waals surface area contributed by atoms with Crippen molar-refractivity contribution in [3.8, 4) is 11.3 Å². The Bertz CT molecular complexity index is 995. The number of carbonyl (C=O) groups is 1. The third kappa shape index (κ3) is 4.56. The second kappa shape index (κ2) is 7.80. The molecule has 0 saturated carbocycles. The molecule has 0 saturated heterocycles. The van der Waals surface area contributed by atoms with Crippen molar-refractivity contribution < 1.29 is 13.2 Å². The van der Waals surface area contributed by atoms with Crippen LogP contribution in [0, 0.1) is 6.92 Å². The van der Waals surface area contributed by atoms with Gasteiger partial charge < -0.3 is 5.32 Å². The van der Waals surface area contributed by atoms with Crippen molar-refractivity contribution in [3.05, 3.63) is 65.0 Å². The maximum absolute atomic E-state index is 12.2. The van der Waals surface area contributed by atoms with Crippen LogP contribution >= 0.6 is 11.3 Å². The van der Waals surface area contributed by atoms with Crippen molar-refractivity contribution in [2.24, 2.45) is 0 Å². The fraction of sp³-hybridized carbons (Fsp3) is 0.158. The van der Waals surface area contributed by atoms with E-state index >= 15 is 0 Å². The maximum Gasteiger partial charge on any atom is 0.225 e. The van der Waals surface area contributed by atoms with E-state index in [2.05, 4.69) is 10.3 Å². The molecule has 0 unspecified atom stereocenters. The van der Waals surface area contributed by atoms with Gasteiger partial charge in [0, 0.05) is 23.1 Å². The molecular weight excluding hydrogens is 368 g/mol. The predicted molar refractivity (Wildman–Crippen MR) is 104 cm³/mol. The molecule has 2 aromatic carbocycles. The number of hydrogen-bond donors (Lipinski definition) is 1. The zero-order valence-corrected chi connectivity index (χ0v) is 15.8. The van der Waals surface area contributed by atoms with Gasteiger partial charge in [-0.3, -0.25) is 4.79 Å². The number of benzene rings is 2. The molecule has 0 aliphatic carbocycles. The number of aryl methyl sites for hydroxylation is 1. The molecule has 1 aromatic heterocycles. The molecule has 1 N–H and O–H groups in total. The minimum atomic E-state index is -3.46. The van der Waals surface area contributed by atoms with Gasteiger partial charge in [0.2, 0.25) is 5.91 Å². The lowest BCUT2D eigenvalue weighted by atomic mass is 10.1. The standard InChI is InChI=1S/C19H18N2O3S2/c1-14-20-18(13-25-14)15-7-9-16(10-8-15)21-19(22)11-12-26(23,24)17-5-3-2-4-6-17/h2-10,13H,11-12H2,1H3,(H,21,22). The number of nitrogens with one attached hydrogen (secondary N) is 1. The van der Waals surface area contributed by atoms with Gasteiger partial charge in [0.25, 0.3) is 0 Å². The normalized spacial score (nSPS) is 11.3. The molecule has 1 heterocycles. The lowest BCUT2D eigenvalue weighted by Gasteiger charge is -2.07. The summed E-state index contributed by atoms with van der Waals surface area (Å²) in [6.45, 7) is 1.95. The van der Waals surface area contributed by atoms with Crippen LogP contribution in [0.5, 0.6) is 0 Å². The Kier molecular flexibility index (Phi) is 5.49. The second-order valence-corrected chi connectivity index (χ2v) is 8.93. The van der Waals surface area contributed by atoms with Crippen molar-refractivity contribution in [3.63, 3.8) is 0 Å². The largest absolute Gasteiger partial charge is 0.326 e. The summed E-state index contributed by atoms with van der Waals surface area (Å²) in [5.41, 5.74) is 2.50. The summed E-state index contributed by atoms with van der Waals surface area (Å²) < 4.78 is 24.4. The zero-order chi connectivity index (χ0) is 18.6. The van der Waals surface area contributed by atoms with Gasteiger partial charge in [0.1, 0.15) is 0 Å². The van der Waals surface area contributed by atoms with E-state index in [0.29, 0.717) is 5.69 Å². The Balaban J connectivity index is 1.58. The van der Waals surface area contributed by atoms with Gasteiger partial charge in [-0.1, -0.05) is 30.3 Å². The summed E-state index contributed by atoms with van der Waals surface area (Å²) in [5.74, 6) is -0.555. The molecule has 7 heteroatoms. The van der Waals surface area contributed by atoms with Crippen molar-refractivity contribution in [2.75, 3.05) is 11.1 Å². The van der Waals surface area contributed by atoms with E-state index in [1.165, 1.54) is 12.1 Å². The SMILES string of the molecule is Cc1nc(-c2ccc(NC(=O)CCS(=O)(=O)c3ccccc3)cc2)cs1. The number of sulfone groups is 1. The van der Waals surface area contributed by atoms with Crippen LogP contribution in [0.15, 0.2) is 64.9 Å².